The third-order valence-electron chi connectivity index (χ3n) is 4.28. The van der Waals surface area contributed by atoms with E-state index in [0.717, 1.165) is 25.7 Å². The largest absolute Gasteiger partial charge is 0.342 e. The van der Waals surface area contributed by atoms with E-state index >= 15 is 0 Å². The van der Waals surface area contributed by atoms with Gasteiger partial charge in [-0.2, -0.15) is 0 Å². The molecule has 0 spiro atoms. The van der Waals surface area contributed by atoms with E-state index in [1.54, 1.807) is 0 Å². The van der Waals surface area contributed by atoms with Crippen molar-refractivity contribution in [1.29, 1.82) is 0 Å². The molecule has 2 aliphatic heterocycles. The molecule has 1 atom stereocenters. The second kappa shape index (κ2) is 4.94. The van der Waals surface area contributed by atoms with E-state index in [9.17, 15) is 4.79 Å². The minimum absolute atomic E-state index is 0.298. The number of carbonyl (C=O) groups excluding carboxylic acids is 1. The summed E-state index contributed by atoms with van der Waals surface area (Å²) >= 11 is 0. The van der Waals surface area contributed by atoms with Gasteiger partial charge in [0, 0.05) is 38.3 Å². The second-order valence-corrected chi connectivity index (χ2v) is 5.68. The van der Waals surface area contributed by atoms with Crippen LogP contribution in [0.2, 0.25) is 0 Å². The maximum Gasteiger partial charge on any atom is 0.236 e. The van der Waals surface area contributed by atoms with E-state index < -0.39 is 0 Å². The van der Waals surface area contributed by atoms with Crippen molar-refractivity contribution >= 4 is 5.91 Å². The van der Waals surface area contributed by atoms with Gasteiger partial charge in [0.1, 0.15) is 0 Å². The Balaban J connectivity index is 1.37. The molecule has 3 fully saturated rings. The summed E-state index contributed by atoms with van der Waals surface area (Å²) in [7, 11) is 0. The summed E-state index contributed by atoms with van der Waals surface area (Å²) in [6.45, 7) is 4.86. The molecule has 0 aromatic heterocycles. The third-order valence-corrected chi connectivity index (χ3v) is 4.28. The molecule has 1 saturated carbocycles. The molecule has 0 aromatic rings. The Labute approximate surface area is 103 Å². The molecule has 2 heterocycles. The summed E-state index contributed by atoms with van der Waals surface area (Å²) < 4.78 is 0. The Morgan fingerprint density at radius 1 is 1.12 bits per heavy atom. The monoisotopic (exact) mass is 237 g/mol. The summed E-state index contributed by atoms with van der Waals surface area (Å²) in [6.07, 6.45) is 6.36. The Morgan fingerprint density at radius 3 is 2.59 bits per heavy atom. The predicted molar refractivity (Wildman–Crippen MR) is 66.8 cm³/mol. The molecule has 96 valence electrons. The smallest absolute Gasteiger partial charge is 0.236 e. The van der Waals surface area contributed by atoms with Gasteiger partial charge >= 0.3 is 0 Å². The highest BCUT2D eigenvalue weighted by molar-refractivity contribution is 5.78. The second-order valence-electron chi connectivity index (χ2n) is 5.68. The van der Waals surface area contributed by atoms with Crippen molar-refractivity contribution < 1.29 is 4.79 Å². The number of amides is 1. The van der Waals surface area contributed by atoms with Crippen LogP contribution in [0.15, 0.2) is 0 Å². The van der Waals surface area contributed by atoms with Crippen LogP contribution in [-0.2, 0) is 4.79 Å². The Hall–Kier alpha value is -0.610. The van der Waals surface area contributed by atoms with Gasteiger partial charge in [0.15, 0.2) is 0 Å². The van der Waals surface area contributed by atoms with Gasteiger partial charge in [-0.05, 0) is 32.1 Å². The number of carbonyl (C=O) groups is 1. The molecule has 1 aliphatic carbocycles. The lowest BCUT2D eigenvalue weighted by Crippen LogP contribution is -2.41. The van der Waals surface area contributed by atoms with Gasteiger partial charge < -0.3 is 10.2 Å². The molecule has 4 heteroatoms. The maximum absolute atomic E-state index is 11.9. The molecule has 3 aliphatic rings. The molecule has 0 bridgehead atoms. The van der Waals surface area contributed by atoms with Crippen LogP contribution < -0.4 is 5.32 Å². The van der Waals surface area contributed by atoms with Crippen LogP contribution in [0.4, 0.5) is 0 Å². The van der Waals surface area contributed by atoms with Crippen molar-refractivity contribution in [2.45, 2.75) is 44.2 Å². The fourth-order valence-corrected chi connectivity index (χ4v) is 3.04. The number of hydrogen-bond donors (Lipinski definition) is 1. The predicted octanol–water partition coefficient (Wildman–Crippen LogP) is 0.435. The topological polar surface area (TPSA) is 35.6 Å². The molecule has 4 nitrogen and oxygen atoms in total. The molecule has 1 N–H and O–H groups in total. The first-order valence-corrected chi connectivity index (χ1v) is 7.08. The lowest BCUT2D eigenvalue weighted by atomic mass is 10.2. The van der Waals surface area contributed by atoms with E-state index in [1.807, 2.05) is 4.90 Å². The van der Waals surface area contributed by atoms with E-state index in [-0.39, 0.29) is 0 Å². The zero-order chi connectivity index (χ0) is 11.7. The minimum atomic E-state index is 0.298. The van der Waals surface area contributed by atoms with Crippen LogP contribution in [0.5, 0.6) is 0 Å². The Morgan fingerprint density at radius 2 is 1.88 bits per heavy atom. The zero-order valence-corrected chi connectivity index (χ0v) is 10.5. The standard InChI is InChI=1S/C13H23N3O/c17-13(15-6-1-2-7-15)9-14-11-5-8-16(10-11)12-3-4-12/h11-12,14H,1-10H2. The van der Waals surface area contributed by atoms with Crippen molar-refractivity contribution in [2.24, 2.45) is 0 Å². The molecular formula is C13H23N3O. The molecule has 0 aromatic carbocycles. The highest BCUT2D eigenvalue weighted by Crippen LogP contribution is 2.29. The van der Waals surface area contributed by atoms with Crippen LogP contribution in [0, 0.1) is 0 Å². The summed E-state index contributed by atoms with van der Waals surface area (Å²) in [5.41, 5.74) is 0. The van der Waals surface area contributed by atoms with Gasteiger partial charge in [-0.15, -0.1) is 0 Å². The fourth-order valence-electron chi connectivity index (χ4n) is 3.04. The molecule has 1 amide bonds. The number of rotatable bonds is 4. The molecule has 17 heavy (non-hydrogen) atoms. The fraction of sp³-hybridized carbons (Fsp3) is 0.923. The van der Waals surface area contributed by atoms with Crippen LogP contribution >= 0.6 is 0 Å². The first-order valence-electron chi connectivity index (χ1n) is 7.08. The quantitative estimate of drug-likeness (QED) is 0.770. The zero-order valence-electron chi connectivity index (χ0n) is 10.5. The molecule has 2 saturated heterocycles. The summed E-state index contributed by atoms with van der Waals surface area (Å²) in [5, 5.41) is 3.44. The van der Waals surface area contributed by atoms with Gasteiger partial charge in [-0.1, -0.05) is 0 Å². The van der Waals surface area contributed by atoms with E-state index in [4.69, 9.17) is 0 Å². The SMILES string of the molecule is O=C(CNC1CCN(C2CC2)C1)N1CCCC1. The number of nitrogens with zero attached hydrogens (tertiary/aromatic N) is 2. The van der Waals surface area contributed by atoms with Crippen molar-refractivity contribution in [1.82, 2.24) is 15.1 Å². The van der Waals surface area contributed by atoms with Gasteiger partial charge in [0.25, 0.3) is 0 Å². The average molecular weight is 237 g/mol. The molecule has 0 radical (unpaired) electrons. The Bertz CT molecular complexity index is 284. The first-order chi connectivity index (χ1) is 8.33. The van der Waals surface area contributed by atoms with Gasteiger partial charge in [-0.25, -0.2) is 0 Å². The average Bonchev–Trinajstić information content (AvgIpc) is 2.88. The molecular weight excluding hydrogens is 214 g/mol. The maximum atomic E-state index is 11.9. The van der Waals surface area contributed by atoms with Gasteiger partial charge in [-0.3, -0.25) is 9.69 Å². The minimum Gasteiger partial charge on any atom is -0.342 e. The highest BCUT2D eigenvalue weighted by Gasteiger charge is 2.34. The van der Waals surface area contributed by atoms with E-state index in [1.165, 1.54) is 38.6 Å². The van der Waals surface area contributed by atoms with Crippen LogP contribution in [0.1, 0.15) is 32.1 Å². The van der Waals surface area contributed by atoms with E-state index in [2.05, 4.69) is 10.2 Å². The highest BCUT2D eigenvalue weighted by atomic mass is 16.2. The summed E-state index contributed by atoms with van der Waals surface area (Å²) in [5.74, 6) is 0.298. The van der Waals surface area contributed by atoms with Crippen LogP contribution in [0.25, 0.3) is 0 Å². The van der Waals surface area contributed by atoms with Crippen LogP contribution in [0.3, 0.4) is 0 Å². The van der Waals surface area contributed by atoms with Crippen molar-refractivity contribution in [2.75, 3.05) is 32.7 Å². The van der Waals surface area contributed by atoms with Gasteiger partial charge in [0.05, 0.1) is 6.54 Å². The summed E-state index contributed by atoms with van der Waals surface area (Å²) in [4.78, 5) is 16.5. The van der Waals surface area contributed by atoms with Crippen molar-refractivity contribution in [3.05, 3.63) is 0 Å². The van der Waals surface area contributed by atoms with Crippen LogP contribution in [-0.4, -0.2) is 60.5 Å². The molecule has 3 rings (SSSR count). The van der Waals surface area contributed by atoms with Crippen molar-refractivity contribution in [3.8, 4) is 0 Å². The van der Waals surface area contributed by atoms with Crippen molar-refractivity contribution in [3.63, 3.8) is 0 Å². The molecule has 1 unspecified atom stereocenters. The van der Waals surface area contributed by atoms with Gasteiger partial charge in [0.2, 0.25) is 5.91 Å². The Kier molecular flexibility index (Phi) is 3.34. The summed E-state index contributed by atoms with van der Waals surface area (Å²) in [6, 6.07) is 1.42. The first kappa shape index (κ1) is 11.5. The third kappa shape index (κ3) is 2.80. The number of nitrogens with one attached hydrogen (secondary N) is 1. The number of likely N-dealkylation sites (tertiary alicyclic amines) is 2. The van der Waals surface area contributed by atoms with E-state index in [0.29, 0.717) is 18.5 Å². The number of hydrogen-bond acceptors (Lipinski definition) is 3. The normalized spacial score (nSPS) is 30.1. The lowest BCUT2D eigenvalue weighted by molar-refractivity contribution is -0.129. The lowest BCUT2D eigenvalue weighted by Gasteiger charge is -2.18.